The number of unbranched alkanes of at least 4 members (excludes halogenated alkanes) is 4. The Morgan fingerprint density at radius 1 is 1.10 bits per heavy atom. The van der Waals surface area contributed by atoms with Gasteiger partial charge in [0.2, 0.25) is 0 Å². The van der Waals surface area contributed by atoms with Crippen LogP contribution in [0.3, 0.4) is 0 Å². The number of thiocarbonyl (C=S) groups is 1. The molecule has 0 N–H and O–H groups in total. The van der Waals surface area contributed by atoms with Crippen molar-refractivity contribution in [1.82, 2.24) is 4.90 Å². The number of nitrogens with zero attached hydrogens (tertiary/aromatic N) is 1. The van der Waals surface area contributed by atoms with Gasteiger partial charge in [-0.25, -0.2) is 0 Å². The molecule has 1 amide bonds. The van der Waals surface area contributed by atoms with Crippen molar-refractivity contribution in [2.24, 2.45) is 0 Å². The van der Waals surface area contributed by atoms with Crippen LogP contribution in [0.4, 0.5) is 0 Å². The number of esters is 1. The number of carbonyl (C=O) groups excluding carboxylic acids is 2. The predicted octanol–water partition coefficient (Wildman–Crippen LogP) is 5.58. The van der Waals surface area contributed by atoms with Crippen LogP contribution in [0.5, 0.6) is 5.75 Å². The Bertz CT molecular complexity index is 746. The summed E-state index contributed by atoms with van der Waals surface area (Å²) in [6, 6.07) is 7.78. The van der Waals surface area contributed by atoms with Gasteiger partial charge in [0.15, 0.2) is 0 Å². The van der Waals surface area contributed by atoms with Gasteiger partial charge < -0.3 is 9.47 Å². The average molecular weight is 450 g/mol. The SMILES string of the molecule is CCCCCOc1ccc(/C=C2\SC(=S)N(CCCCCC(=O)OCC)C2=O)cc1. The monoisotopic (exact) mass is 449 g/mol. The molecule has 2 rings (SSSR count). The molecule has 0 aliphatic carbocycles. The van der Waals surface area contributed by atoms with E-state index < -0.39 is 0 Å². The first-order valence-electron chi connectivity index (χ1n) is 10.7. The van der Waals surface area contributed by atoms with Gasteiger partial charge in [-0.15, -0.1) is 0 Å². The highest BCUT2D eigenvalue weighted by Gasteiger charge is 2.31. The number of amides is 1. The molecule has 1 fully saturated rings. The lowest BCUT2D eigenvalue weighted by molar-refractivity contribution is -0.143. The van der Waals surface area contributed by atoms with Crippen molar-refractivity contribution in [2.75, 3.05) is 19.8 Å². The van der Waals surface area contributed by atoms with Gasteiger partial charge in [-0.1, -0.05) is 62.3 Å². The minimum atomic E-state index is -0.163. The Kier molecular flexibility index (Phi) is 10.9. The quantitative estimate of drug-likeness (QED) is 0.170. The maximum Gasteiger partial charge on any atom is 0.305 e. The second-order valence-corrected chi connectivity index (χ2v) is 8.75. The fourth-order valence-corrected chi connectivity index (χ4v) is 4.30. The number of thioether (sulfide) groups is 1. The lowest BCUT2D eigenvalue weighted by Crippen LogP contribution is -2.29. The normalized spacial score (nSPS) is 15.1. The minimum Gasteiger partial charge on any atom is -0.494 e. The standard InChI is InChI=1S/C23H31NO4S2/c1-3-5-9-16-28-19-13-11-18(12-14-19)17-20-22(26)24(23(29)30-20)15-8-6-7-10-21(25)27-4-2/h11-14,17H,3-10,15-16H2,1-2H3/b20-17-. The van der Waals surface area contributed by atoms with Crippen LogP contribution in [-0.2, 0) is 14.3 Å². The number of carbonyl (C=O) groups is 2. The van der Waals surface area contributed by atoms with Crippen LogP contribution < -0.4 is 4.74 Å². The summed E-state index contributed by atoms with van der Waals surface area (Å²) in [5.74, 6) is 0.636. The van der Waals surface area contributed by atoms with E-state index in [4.69, 9.17) is 21.7 Å². The maximum absolute atomic E-state index is 12.7. The van der Waals surface area contributed by atoms with Crippen LogP contribution in [0.2, 0.25) is 0 Å². The van der Waals surface area contributed by atoms with Gasteiger partial charge in [-0.3, -0.25) is 14.5 Å². The Morgan fingerprint density at radius 3 is 2.57 bits per heavy atom. The van der Waals surface area contributed by atoms with Crippen molar-refractivity contribution in [3.63, 3.8) is 0 Å². The van der Waals surface area contributed by atoms with Crippen molar-refractivity contribution < 1.29 is 19.1 Å². The van der Waals surface area contributed by atoms with E-state index in [1.807, 2.05) is 30.3 Å². The average Bonchev–Trinajstić information content (AvgIpc) is 2.99. The van der Waals surface area contributed by atoms with E-state index in [-0.39, 0.29) is 11.9 Å². The second kappa shape index (κ2) is 13.4. The highest BCUT2D eigenvalue weighted by atomic mass is 32.2. The highest BCUT2D eigenvalue weighted by Crippen LogP contribution is 2.33. The zero-order valence-electron chi connectivity index (χ0n) is 17.9. The molecule has 0 atom stereocenters. The lowest BCUT2D eigenvalue weighted by atomic mass is 10.2. The summed E-state index contributed by atoms with van der Waals surface area (Å²) < 4.78 is 11.2. The van der Waals surface area contributed by atoms with Crippen molar-refractivity contribution >= 4 is 46.3 Å². The lowest BCUT2D eigenvalue weighted by Gasteiger charge is -2.13. The van der Waals surface area contributed by atoms with Gasteiger partial charge in [-0.05, 0) is 50.0 Å². The van der Waals surface area contributed by atoms with E-state index in [9.17, 15) is 9.59 Å². The Balaban J connectivity index is 1.80. The van der Waals surface area contributed by atoms with Crippen LogP contribution in [0, 0.1) is 0 Å². The maximum atomic E-state index is 12.7. The molecular weight excluding hydrogens is 418 g/mol. The number of hydrogen-bond acceptors (Lipinski definition) is 6. The van der Waals surface area contributed by atoms with Gasteiger partial charge in [0.25, 0.3) is 5.91 Å². The Labute approximate surface area is 189 Å². The molecular formula is C23H31NO4S2. The molecule has 0 radical (unpaired) electrons. The van der Waals surface area contributed by atoms with Crippen molar-refractivity contribution in [3.05, 3.63) is 34.7 Å². The molecule has 7 heteroatoms. The van der Waals surface area contributed by atoms with E-state index >= 15 is 0 Å². The predicted molar refractivity (Wildman–Crippen MR) is 126 cm³/mol. The van der Waals surface area contributed by atoms with E-state index in [1.54, 1.807) is 11.8 Å². The van der Waals surface area contributed by atoms with Gasteiger partial charge in [0.05, 0.1) is 18.1 Å². The number of hydrogen-bond donors (Lipinski definition) is 0. The molecule has 1 aromatic rings. The molecule has 1 heterocycles. The number of ether oxygens (including phenoxy) is 2. The minimum absolute atomic E-state index is 0.0460. The number of benzene rings is 1. The molecule has 164 valence electrons. The molecule has 1 aromatic carbocycles. The summed E-state index contributed by atoms with van der Waals surface area (Å²) in [6.45, 7) is 5.69. The van der Waals surface area contributed by atoms with Crippen LogP contribution >= 0.6 is 24.0 Å². The third kappa shape index (κ3) is 8.11. The first-order chi connectivity index (χ1) is 14.5. The molecule has 1 saturated heterocycles. The van der Waals surface area contributed by atoms with Gasteiger partial charge in [0.1, 0.15) is 10.1 Å². The zero-order valence-corrected chi connectivity index (χ0v) is 19.5. The topological polar surface area (TPSA) is 55.8 Å². The van der Waals surface area contributed by atoms with Crippen LogP contribution in [0.15, 0.2) is 29.2 Å². The third-order valence-corrected chi connectivity index (χ3v) is 6.01. The van der Waals surface area contributed by atoms with Crippen LogP contribution in [0.25, 0.3) is 6.08 Å². The smallest absolute Gasteiger partial charge is 0.305 e. The van der Waals surface area contributed by atoms with E-state index in [0.717, 1.165) is 43.6 Å². The molecule has 5 nitrogen and oxygen atoms in total. The van der Waals surface area contributed by atoms with E-state index in [0.29, 0.717) is 28.8 Å². The fourth-order valence-electron chi connectivity index (χ4n) is 3.00. The largest absolute Gasteiger partial charge is 0.494 e. The van der Waals surface area contributed by atoms with Crippen LogP contribution in [0.1, 0.15) is 64.4 Å². The van der Waals surface area contributed by atoms with E-state index in [1.165, 1.54) is 24.6 Å². The van der Waals surface area contributed by atoms with Crippen molar-refractivity contribution in [3.8, 4) is 5.75 Å². The molecule has 0 unspecified atom stereocenters. The summed E-state index contributed by atoms with van der Waals surface area (Å²) in [5.41, 5.74) is 0.950. The first kappa shape index (κ1) is 24.4. The summed E-state index contributed by atoms with van der Waals surface area (Å²) in [5, 5.41) is 0. The molecule has 0 saturated carbocycles. The Morgan fingerprint density at radius 2 is 1.87 bits per heavy atom. The van der Waals surface area contributed by atoms with Gasteiger partial charge >= 0.3 is 5.97 Å². The van der Waals surface area contributed by atoms with Crippen molar-refractivity contribution in [2.45, 2.75) is 58.8 Å². The third-order valence-electron chi connectivity index (χ3n) is 4.64. The molecule has 0 bridgehead atoms. The summed E-state index contributed by atoms with van der Waals surface area (Å²) in [7, 11) is 0. The molecule has 0 aromatic heterocycles. The highest BCUT2D eigenvalue weighted by molar-refractivity contribution is 8.26. The van der Waals surface area contributed by atoms with Crippen LogP contribution in [-0.4, -0.2) is 40.9 Å². The molecule has 1 aliphatic rings. The first-order valence-corrected chi connectivity index (χ1v) is 11.9. The number of rotatable bonds is 13. The van der Waals surface area contributed by atoms with E-state index in [2.05, 4.69) is 6.92 Å². The molecule has 1 aliphatic heterocycles. The van der Waals surface area contributed by atoms with Gasteiger partial charge in [0, 0.05) is 13.0 Å². The second-order valence-electron chi connectivity index (χ2n) is 7.07. The summed E-state index contributed by atoms with van der Waals surface area (Å²) in [6.07, 6.45) is 8.13. The molecule has 30 heavy (non-hydrogen) atoms. The molecule has 0 spiro atoms. The fraction of sp³-hybridized carbons (Fsp3) is 0.522. The van der Waals surface area contributed by atoms with Crippen molar-refractivity contribution in [1.29, 1.82) is 0 Å². The Hall–Kier alpha value is -1.86. The van der Waals surface area contributed by atoms with Gasteiger partial charge in [-0.2, -0.15) is 0 Å². The summed E-state index contributed by atoms with van der Waals surface area (Å²) in [4.78, 5) is 26.3. The zero-order chi connectivity index (χ0) is 21.8. The summed E-state index contributed by atoms with van der Waals surface area (Å²) >= 11 is 6.73.